The first-order valence-corrected chi connectivity index (χ1v) is 7.69. The van der Waals surface area contributed by atoms with E-state index in [0.717, 1.165) is 24.3 Å². The molecule has 2 heterocycles. The van der Waals surface area contributed by atoms with Crippen molar-refractivity contribution in [3.63, 3.8) is 0 Å². The Kier molecular flexibility index (Phi) is 4.20. The van der Waals surface area contributed by atoms with Gasteiger partial charge in [0.25, 0.3) is 0 Å². The van der Waals surface area contributed by atoms with Crippen LogP contribution in [0.2, 0.25) is 0 Å². The van der Waals surface area contributed by atoms with Crippen molar-refractivity contribution in [2.24, 2.45) is 0 Å². The average molecular weight is 294 g/mol. The molecule has 0 spiro atoms. The van der Waals surface area contributed by atoms with E-state index in [9.17, 15) is 0 Å². The van der Waals surface area contributed by atoms with Gasteiger partial charge in [-0.05, 0) is 44.0 Å². The van der Waals surface area contributed by atoms with E-state index in [1.165, 1.54) is 16.5 Å². The third-order valence-electron chi connectivity index (χ3n) is 3.79. The summed E-state index contributed by atoms with van der Waals surface area (Å²) in [6.07, 6.45) is 3.97. The van der Waals surface area contributed by atoms with Gasteiger partial charge < -0.3 is 5.32 Å². The zero-order valence-corrected chi connectivity index (χ0v) is 13.4. The van der Waals surface area contributed by atoms with E-state index in [-0.39, 0.29) is 0 Å². The molecule has 0 saturated heterocycles. The van der Waals surface area contributed by atoms with Crippen LogP contribution in [0.25, 0.3) is 10.9 Å². The lowest BCUT2D eigenvalue weighted by Crippen LogP contribution is -2.30. The molecule has 3 aromatic rings. The van der Waals surface area contributed by atoms with Crippen molar-refractivity contribution in [2.75, 3.05) is 0 Å². The van der Waals surface area contributed by atoms with Gasteiger partial charge in [-0.3, -0.25) is 9.67 Å². The quantitative estimate of drug-likeness (QED) is 0.785. The molecule has 22 heavy (non-hydrogen) atoms. The molecule has 0 bridgehead atoms. The molecular formula is C18H22N4. The first-order valence-electron chi connectivity index (χ1n) is 7.69. The van der Waals surface area contributed by atoms with Crippen LogP contribution < -0.4 is 5.32 Å². The lowest BCUT2D eigenvalue weighted by atomic mass is 10.1. The van der Waals surface area contributed by atoms with Gasteiger partial charge in [0.05, 0.1) is 18.3 Å². The largest absolute Gasteiger partial charge is 0.308 e. The standard InChI is InChI=1S/C18H22N4/c1-13-9-20-22(11-13)12-15(3)19-10-16-8-14(2)21-18-7-5-4-6-17(16)18/h4-9,11,15,19H,10,12H2,1-3H3/t15-/m1/s1. The van der Waals surface area contributed by atoms with E-state index in [0.29, 0.717) is 6.04 Å². The van der Waals surface area contributed by atoms with Crippen LogP contribution >= 0.6 is 0 Å². The maximum atomic E-state index is 4.59. The molecule has 4 heteroatoms. The molecule has 1 aromatic carbocycles. The highest BCUT2D eigenvalue weighted by Gasteiger charge is 2.07. The Morgan fingerprint density at radius 1 is 1.23 bits per heavy atom. The van der Waals surface area contributed by atoms with Crippen molar-refractivity contribution >= 4 is 10.9 Å². The van der Waals surface area contributed by atoms with E-state index in [4.69, 9.17) is 0 Å². The molecule has 0 radical (unpaired) electrons. The van der Waals surface area contributed by atoms with Crippen LogP contribution in [0.4, 0.5) is 0 Å². The second-order valence-electron chi connectivity index (χ2n) is 5.96. The highest BCUT2D eigenvalue weighted by molar-refractivity contribution is 5.82. The van der Waals surface area contributed by atoms with Crippen molar-refractivity contribution in [3.8, 4) is 0 Å². The molecule has 0 aliphatic rings. The second-order valence-corrected chi connectivity index (χ2v) is 5.96. The summed E-state index contributed by atoms with van der Waals surface area (Å²) in [5, 5.41) is 9.15. The minimum Gasteiger partial charge on any atom is -0.308 e. The first-order chi connectivity index (χ1) is 10.6. The van der Waals surface area contributed by atoms with Crippen molar-refractivity contribution in [2.45, 2.75) is 39.9 Å². The van der Waals surface area contributed by atoms with Crippen LogP contribution in [0.5, 0.6) is 0 Å². The van der Waals surface area contributed by atoms with E-state index >= 15 is 0 Å². The predicted molar refractivity (Wildman–Crippen MR) is 89.7 cm³/mol. The van der Waals surface area contributed by atoms with Crippen LogP contribution in [-0.2, 0) is 13.1 Å². The normalized spacial score (nSPS) is 12.7. The number of pyridine rings is 1. The zero-order chi connectivity index (χ0) is 15.5. The first kappa shape index (κ1) is 14.7. The topological polar surface area (TPSA) is 42.7 Å². The van der Waals surface area contributed by atoms with Gasteiger partial charge in [0, 0.05) is 29.9 Å². The highest BCUT2D eigenvalue weighted by Crippen LogP contribution is 2.18. The van der Waals surface area contributed by atoms with Crippen LogP contribution in [0.1, 0.15) is 23.7 Å². The number of hydrogen-bond acceptors (Lipinski definition) is 3. The van der Waals surface area contributed by atoms with Gasteiger partial charge in [0.15, 0.2) is 0 Å². The molecule has 1 atom stereocenters. The van der Waals surface area contributed by atoms with Crippen molar-refractivity contribution in [3.05, 3.63) is 59.5 Å². The van der Waals surface area contributed by atoms with Gasteiger partial charge in [0.2, 0.25) is 0 Å². The molecule has 4 nitrogen and oxygen atoms in total. The molecule has 2 aromatic heterocycles. The van der Waals surface area contributed by atoms with Crippen molar-refractivity contribution in [1.29, 1.82) is 0 Å². The Balaban J connectivity index is 1.71. The molecule has 1 N–H and O–H groups in total. The fraction of sp³-hybridized carbons (Fsp3) is 0.333. The SMILES string of the molecule is Cc1cnn(C[C@@H](C)NCc2cc(C)nc3ccccc23)c1. The van der Waals surface area contributed by atoms with Gasteiger partial charge in [-0.1, -0.05) is 18.2 Å². The average Bonchev–Trinajstić information content (AvgIpc) is 2.89. The van der Waals surface area contributed by atoms with Gasteiger partial charge in [0.1, 0.15) is 0 Å². The molecule has 0 unspecified atom stereocenters. The summed E-state index contributed by atoms with van der Waals surface area (Å²) in [4.78, 5) is 4.59. The number of nitrogens with one attached hydrogen (secondary N) is 1. The Morgan fingerprint density at radius 3 is 2.82 bits per heavy atom. The number of aromatic nitrogens is 3. The van der Waals surface area contributed by atoms with Crippen LogP contribution in [0.15, 0.2) is 42.7 Å². The molecule has 0 aliphatic heterocycles. The zero-order valence-electron chi connectivity index (χ0n) is 13.4. The number of nitrogens with zero attached hydrogens (tertiary/aromatic N) is 3. The fourth-order valence-electron chi connectivity index (χ4n) is 2.74. The molecule has 114 valence electrons. The lowest BCUT2D eigenvalue weighted by Gasteiger charge is -2.15. The highest BCUT2D eigenvalue weighted by atomic mass is 15.3. The summed E-state index contributed by atoms with van der Waals surface area (Å²) in [6, 6.07) is 10.8. The summed E-state index contributed by atoms with van der Waals surface area (Å²) >= 11 is 0. The van der Waals surface area contributed by atoms with E-state index in [1.807, 2.05) is 23.9 Å². The number of hydrogen-bond donors (Lipinski definition) is 1. The number of aryl methyl sites for hydroxylation is 2. The fourth-order valence-corrected chi connectivity index (χ4v) is 2.74. The molecule has 0 amide bonds. The monoisotopic (exact) mass is 294 g/mol. The van der Waals surface area contributed by atoms with E-state index in [1.54, 1.807) is 0 Å². The lowest BCUT2D eigenvalue weighted by molar-refractivity contribution is 0.451. The number of benzene rings is 1. The van der Waals surface area contributed by atoms with Gasteiger partial charge in [-0.15, -0.1) is 0 Å². The minimum atomic E-state index is 0.353. The Bertz CT molecular complexity index is 776. The third-order valence-corrected chi connectivity index (χ3v) is 3.79. The van der Waals surface area contributed by atoms with Gasteiger partial charge in [-0.2, -0.15) is 5.10 Å². The predicted octanol–water partition coefficient (Wildman–Crippen LogP) is 3.23. The number of fused-ring (bicyclic) bond motifs is 1. The summed E-state index contributed by atoms with van der Waals surface area (Å²) in [5.41, 5.74) is 4.62. The van der Waals surface area contributed by atoms with E-state index < -0.39 is 0 Å². The Labute approximate surface area is 131 Å². The number of para-hydroxylation sites is 1. The molecule has 0 aliphatic carbocycles. The van der Waals surface area contributed by atoms with Gasteiger partial charge in [-0.25, -0.2) is 0 Å². The van der Waals surface area contributed by atoms with E-state index in [2.05, 4.69) is 59.7 Å². The third kappa shape index (κ3) is 3.34. The number of rotatable bonds is 5. The van der Waals surface area contributed by atoms with Crippen LogP contribution in [0, 0.1) is 13.8 Å². The van der Waals surface area contributed by atoms with Crippen molar-refractivity contribution < 1.29 is 0 Å². The summed E-state index contributed by atoms with van der Waals surface area (Å²) < 4.78 is 1.99. The smallest absolute Gasteiger partial charge is 0.0708 e. The summed E-state index contributed by atoms with van der Waals surface area (Å²) in [7, 11) is 0. The molecule has 0 fully saturated rings. The maximum absolute atomic E-state index is 4.59. The van der Waals surface area contributed by atoms with Gasteiger partial charge >= 0.3 is 0 Å². The molecular weight excluding hydrogens is 272 g/mol. The minimum absolute atomic E-state index is 0.353. The summed E-state index contributed by atoms with van der Waals surface area (Å²) in [5.74, 6) is 0. The van der Waals surface area contributed by atoms with Crippen LogP contribution in [0.3, 0.4) is 0 Å². The maximum Gasteiger partial charge on any atom is 0.0708 e. The van der Waals surface area contributed by atoms with Crippen molar-refractivity contribution in [1.82, 2.24) is 20.1 Å². The Morgan fingerprint density at radius 2 is 2.05 bits per heavy atom. The second kappa shape index (κ2) is 6.28. The molecule has 3 rings (SSSR count). The van der Waals surface area contributed by atoms with Crippen LogP contribution in [-0.4, -0.2) is 20.8 Å². The molecule has 0 saturated carbocycles. The summed E-state index contributed by atoms with van der Waals surface area (Å²) in [6.45, 7) is 8.01. The Hall–Kier alpha value is -2.20.